The molecule has 1 heterocycles. The monoisotopic (exact) mass is 415 g/mol. The Balaban J connectivity index is 0.000000516. The summed E-state index contributed by atoms with van der Waals surface area (Å²) in [6, 6.07) is 7.10. The minimum Gasteiger partial charge on any atom is -0.475 e. The summed E-state index contributed by atoms with van der Waals surface area (Å²) >= 11 is 0. The van der Waals surface area contributed by atoms with Gasteiger partial charge < -0.3 is 20.6 Å². The molecule has 1 aromatic carbocycles. The molecule has 0 aromatic heterocycles. The van der Waals surface area contributed by atoms with Gasteiger partial charge in [0.05, 0.1) is 0 Å². The average molecular weight is 415 g/mol. The third-order valence-electron chi connectivity index (χ3n) is 3.95. The molecule has 1 aliphatic rings. The molecule has 1 saturated heterocycles. The van der Waals surface area contributed by atoms with Crippen LogP contribution in [0, 0.1) is 0 Å². The van der Waals surface area contributed by atoms with Gasteiger partial charge in [-0.2, -0.15) is 13.2 Å². The van der Waals surface area contributed by atoms with E-state index in [4.69, 9.17) is 9.90 Å². The van der Waals surface area contributed by atoms with Crippen molar-refractivity contribution in [2.24, 2.45) is 0 Å². The fraction of sp³-hybridized carbons (Fsp3) is 0.421. The first-order valence-corrected chi connectivity index (χ1v) is 8.97. The molecule has 0 saturated carbocycles. The number of alkyl halides is 3. The number of carbonyl (C=O) groups is 3. The Hall–Kier alpha value is -2.88. The van der Waals surface area contributed by atoms with Crippen molar-refractivity contribution in [2.45, 2.75) is 31.9 Å². The maximum absolute atomic E-state index is 12.0. The first-order chi connectivity index (χ1) is 13.6. The minimum atomic E-state index is -5.08. The summed E-state index contributed by atoms with van der Waals surface area (Å²) in [7, 11) is 0. The molecule has 7 nitrogen and oxygen atoms in total. The molecule has 0 bridgehead atoms. The third kappa shape index (κ3) is 10.3. The highest BCUT2D eigenvalue weighted by molar-refractivity contribution is 5.99. The Kier molecular flexibility index (Phi) is 9.87. The number of nitrogens with zero attached hydrogens (tertiary/aromatic N) is 1. The normalized spacial score (nSPS) is 14.2. The van der Waals surface area contributed by atoms with Crippen LogP contribution in [-0.4, -0.2) is 53.6 Å². The van der Waals surface area contributed by atoms with E-state index in [0.717, 1.165) is 19.6 Å². The van der Waals surface area contributed by atoms with Crippen LogP contribution in [0.2, 0.25) is 0 Å². The number of carbonyl (C=O) groups excluding carboxylic acids is 2. The van der Waals surface area contributed by atoms with Crippen molar-refractivity contribution in [1.82, 2.24) is 4.90 Å². The summed E-state index contributed by atoms with van der Waals surface area (Å²) in [4.78, 5) is 34.5. The van der Waals surface area contributed by atoms with E-state index in [-0.39, 0.29) is 11.8 Å². The number of rotatable bonds is 6. The average Bonchev–Trinajstić information content (AvgIpc) is 2.67. The largest absolute Gasteiger partial charge is 0.490 e. The Morgan fingerprint density at radius 2 is 1.66 bits per heavy atom. The van der Waals surface area contributed by atoms with Crippen LogP contribution in [0.15, 0.2) is 36.9 Å². The van der Waals surface area contributed by atoms with Crippen LogP contribution >= 0.6 is 0 Å². The smallest absolute Gasteiger partial charge is 0.475 e. The highest BCUT2D eigenvalue weighted by Crippen LogP contribution is 2.16. The molecule has 29 heavy (non-hydrogen) atoms. The summed E-state index contributed by atoms with van der Waals surface area (Å²) < 4.78 is 31.7. The van der Waals surface area contributed by atoms with Crippen LogP contribution in [-0.2, 0) is 14.4 Å². The van der Waals surface area contributed by atoms with Gasteiger partial charge in [0, 0.05) is 24.3 Å². The van der Waals surface area contributed by atoms with Gasteiger partial charge >= 0.3 is 12.1 Å². The van der Waals surface area contributed by atoms with Crippen molar-refractivity contribution in [1.29, 1.82) is 0 Å². The zero-order valence-corrected chi connectivity index (χ0v) is 15.8. The summed E-state index contributed by atoms with van der Waals surface area (Å²) in [5.41, 5.74) is 1.32. The zero-order chi connectivity index (χ0) is 21.9. The molecule has 0 unspecified atom stereocenters. The second-order valence-electron chi connectivity index (χ2n) is 6.28. The van der Waals surface area contributed by atoms with Gasteiger partial charge in [-0.3, -0.25) is 9.59 Å². The number of piperidine rings is 1. The lowest BCUT2D eigenvalue weighted by Crippen LogP contribution is -2.32. The topological polar surface area (TPSA) is 98.7 Å². The number of benzene rings is 1. The van der Waals surface area contributed by atoms with Crippen molar-refractivity contribution in [2.75, 3.05) is 30.3 Å². The number of anilines is 2. The lowest BCUT2D eigenvalue weighted by molar-refractivity contribution is -0.192. The van der Waals surface area contributed by atoms with Crippen molar-refractivity contribution in [3.05, 3.63) is 36.9 Å². The summed E-state index contributed by atoms with van der Waals surface area (Å²) in [6.07, 6.45) is 0.373. The van der Waals surface area contributed by atoms with E-state index < -0.39 is 12.1 Å². The molecule has 0 spiro atoms. The van der Waals surface area contributed by atoms with E-state index in [1.54, 1.807) is 18.2 Å². The van der Waals surface area contributed by atoms with Crippen LogP contribution < -0.4 is 10.6 Å². The van der Waals surface area contributed by atoms with Crippen LogP contribution in [0.5, 0.6) is 0 Å². The lowest BCUT2D eigenvalue weighted by atomic mass is 10.1. The number of hydrogen-bond donors (Lipinski definition) is 3. The van der Waals surface area contributed by atoms with Gasteiger partial charge in [0.2, 0.25) is 11.8 Å². The van der Waals surface area contributed by atoms with Crippen LogP contribution in [0.1, 0.15) is 25.7 Å². The van der Waals surface area contributed by atoms with Gasteiger partial charge in [-0.05, 0) is 50.2 Å². The van der Waals surface area contributed by atoms with Crippen molar-refractivity contribution >= 4 is 29.2 Å². The van der Waals surface area contributed by atoms with Gasteiger partial charge in [0.15, 0.2) is 0 Å². The molecule has 2 amide bonds. The number of hydrogen-bond acceptors (Lipinski definition) is 4. The van der Waals surface area contributed by atoms with E-state index in [0.29, 0.717) is 17.8 Å². The Morgan fingerprint density at radius 3 is 2.17 bits per heavy atom. The van der Waals surface area contributed by atoms with Crippen LogP contribution in [0.3, 0.4) is 0 Å². The number of nitrogens with one attached hydrogen (secondary N) is 2. The fourth-order valence-electron chi connectivity index (χ4n) is 2.53. The number of carboxylic acids is 1. The summed E-state index contributed by atoms with van der Waals surface area (Å²) in [6.45, 7) is 6.40. The van der Waals surface area contributed by atoms with Crippen molar-refractivity contribution in [3.63, 3.8) is 0 Å². The standard InChI is InChI=1S/C17H23N3O2.C2HF3O2/c1-2-16(21)18-14-7-6-8-15(13-14)19-17(22)9-12-20-10-4-3-5-11-20;3-2(4,5)1(6)7/h2,6-8,13H,1,3-5,9-12H2,(H,18,21)(H,19,22);(H,6,7). The summed E-state index contributed by atoms with van der Waals surface area (Å²) in [5, 5.41) is 12.7. The van der Waals surface area contributed by atoms with Gasteiger partial charge in [0.1, 0.15) is 0 Å². The SMILES string of the molecule is C=CC(=O)Nc1cccc(NC(=O)CCN2CCCCC2)c1.O=C(O)C(F)(F)F. The van der Waals surface area contributed by atoms with Crippen molar-refractivity contribution in [3.8, 4) is 0 Å². The van der Waals surface area contributed by atoms with E-state index in [1.165, 1.54) is 25.3 Å². The zero-order valence-electron chi connectivity index (χ0n) is 15.8. The second-order valence-corrected chi connectivity index (χ2v) is 6.28. The molecular formula is C19H24F3N3O4. The first kappa shape index (κ1) is 24.2. The number of amides is 2. The van der Waals surface area contributed by atoms with Gasteiger partial charge in [-0.1, -0.05) is 19.1 Å². The van der Waals surface area contributed by atoms with Crippen LogP contribution in [0.4, 0.5) is 24.5 Å². The molecule has 1 aromatic rings. The van der Waals surface area contributed by atoms with E-state index in [1.807, 2.05) is 6.07 Å². The van der Waals surface area contributed by atoms with E-state index >= 15 is 0 Å². The lowest BCUT2D eigenvalue weighted by Gasteiger charge is -2.25. The number of halogens is 3. The van der Waals surface area contributed by atoms with E-state index in [2.05, 4.69) is 22.1 Å². The molecular weight excluding hydrogens is 391 g/mol. The van der Waals surface area contributed by atoms with Crippen molar-refractivity contribution < 1.29 is 32.7 Å². The predicted octanol–water partition coefficient (Wildman–Crippen LogP) is 3.26. The highest BCUT2D eigenvalue weighted by Gasteiger charge is 2.38. The Morgan fingerprint density at radius 1 is 1.10 bits per heavy atom. The quantitative estimate of drug-likeness (QED) is 0.620. The molecule has 0 atom stereocenters. The molecule has 160 valence electrons. The molecule has 0 radical (unpaired) electrons. The van der Waals surface area contributed by atoms with Gasteiger partial charge in [0.25, 0.3) is 0 Å². The minimum absolute atomic E-state index is 0.00206. The predicted molar refractivity (Wildman–Crippen MR) is 102 cm³/mol. The fourth-order valence-corrected chi connectivity index (χ4v) is 2.53. The second kappa shape index (κ2) is 11.8. The molecule has 3 N–H and O–H groups in total. The molecule has 2 rings (SSSR count). The molecule has 10 heteroatoms. The number of carboxylic acid groups (broad SMARTS) is 1. The highest BCUT2D eigenvalue weighted by atomic mass is 19.4. The third-order valence-corrected chi connectivity index (χ3v) is 3.95. The molecule has 1 aliphatic heterocycles. The summed E-state index contributed by atoms with van der Waals surface area (Å²) in [5.74, 6) is -3.03. The number of aliphatic carboxylic acids is 1. The number of likely N-dealkylation sites (tertiary alicyclic amines) is 1. The van der Waals surface area contributed by atoms with Gasteiger partial charge in [-0.15, -0.1) is 0 Å². The molecule has 0 aliphatic carbocycles. The molecule has 1 fully saturated rings. The Labute approximate surface area is 166 Å². The maximum Gasteiger partial charge on any atom is 0.490 e. The maximum atomic E-state index is 12.0. The van der Waals surface area contributed by atoms with Gasteiger partial charge in [-0.25, -0.2) is 4.79 Å². The first-order valence-electron chi connectivity index (χ1n) is 8.97. The van der Waals surface area contributed by atoms with Crippen LogP contribution in [0.25, 0.3) is 0 Å². The van der Waals surface area contributed by atoms with E-state index in [9.17, 15) is 22.8 Å². The Bertz CT molecular complexity index is 717.